The van der Waals surface area contributed by atoms with Crippen molar-refractivity contribution < 1.29 is 18.1 Å². The molecule has 2 fully saturated rings. The molecule has 1 aliphatic carbocycles. The van der Waals surface area contributed by atoms with E-state index in [-0.39, 0.29) is 30.8 Å². The van der Waals surface area contributed by atoms with Gasteiger partial charge in [0, 0.05) is 31.8 Å². The molecular formula is C20H24F2N4O2. The van der Waals surface area contributed by atoms with Gasteiger partial charge in [-0.1, -0.05) is 35.5 Å². The van der Waals surface area contributed by atoms with Crippen molar-refractivity contribution in [2.75, 3.05) is 0 Å². The Morgan fingerprint density at radius 3 is 2.68 bits per heavy atom. The molecule has 0 radical (unpaired) electrons. The van der Waals surface area contributed by atoms with Crippen molar-refractivity contribution in [3.63, 3.8) is 0 Å². The van der Waals surface area contributed by atoms with E-state index in [9.17, 15) is 13.6 Å². The Morgan fingerprint density at radius 2 is 1.93 bits per heavy atom. The Bertz CT molecular complexity index is 802. The molecule has 0 bridgehead atoms. The van der Waals surface area contributed by atoms with Crippen LogP contribution in [0.3, 0.4) is 0 Å². The minimum Gasteiger partial charge on any atom is -0.337 e. The molecule has 6 nitrogen and oxygen atoms in total. The zero-order valence-corrected chi connectivity index (χ0v) is 15.6. The summed E-state index contributed by atoms with van der Waals surface area (Å²) < 4.78 is 31.9. The van der Waals surface area contributed by atoms with E-state index in [1.807, 2.05) is 30.3 Å². The SMILES string of the molecule is O=C1CC[C@@H](c2nc(CNC3CCC(F)(F)CC3)no2)N1Cc1ccccc1. The Kier molecular flexibility index (Phi) is 5.39. The zero-order valence-electron chi connectivity index (χ0n) is 15.6. The summed E-state index contributed by atoms with van der Waals surface area (Å²) in [7, 11) is 0. The average molecular weight is 390 g/mol. The first-order valence-electron chi connectivity index (χ1n) is 9.77. The van der Waals surface area contributed by atoms with Crippen molar-refractivity contribution in [1.29, 1.82) is 0 Å². The van der Waals surface area contributed by atoms with Crippen LogP contribution in [0.25, 0.3) is 0 Å². The highest BCUT2D eigenvalue weighted by atomic mass is 19.3. The summed E-state index contributed by atoms with van der Waals surface area (Å²) in [5.74, 6) is -1.52. The number of halogens is 2. The Morgan fingerprint density at radius 1 is 1.18 bits per heavy atom. The lowest BCUT2D eigenvalue weighted by atomic mass is 9.92. The van der Waals surface area contributed by atoms with E-state index in [1.54, 1.807) is 4.90 Å². The highest BCUT2D eigenvalue weighted by molar-refractivity contribution is 5.78. The molecule has 2 aliphatic rings. The molecule has 1 atom stereocenters. The molecule has 1 saturated carbocycles. The van der Waals surface area contributed by atoms with Crippen molar-refractivity contribution in [2.24, 2.45) is 0 Å². The number of rotatable bonds is 6. The van der Waals surface area contributed by atoms with Crippen LogP contribution in [-0.4, -0.2) is 32.9 Å². The second kappa shape index (κ2) is 7.95. The second-order valence-electron chi connectivity index (χ2n) is 7.62. The van der Waals surface area contributed by atoms with Gasteiger partial charge in [0.25, 0.3) is 0 Å². The summed E-state index contributed by atoms with van der Waals surface area (Å²) >= 11 is 0. The van der Waals surface area contributed by atoms with Crippen LogP contribution < -0.4 is 5.32 Å². The maximum atomic E-state index is 13.2. The van der Waals surface area contributed by atoms with E-state index in [0.29, 0.717) is 50.5 Å². The first-order valence-corrected chi connectivity index (χ1v) is 9.77. The molecule has 0 spiro atoms. The number of nitrogens with zero attached hydrogens (tertiary/aromatic N) is 3. The van der Waals surface area contributed by atoms with E-state index < -0.39 is 5.92 Å². The molecular weight excluding hydrogens is 366 g/mol. The van der Waals surface area contributed by atoms with Gasteiger partial charge in [0.05, 0.1) is 6.54 Å². The van der Waals surface area contributed by atoms with Gasteiger partial charge in [0.2, 0.25) is 17.7 Å². The Balaban J connectivity index is 1.36. The minimum absolute atomic E-state index is 0.0456. The van der Waals surface area contributed by atoms with Gasteiger partial charge in [-0.3, -0.25) is 4.79 Å². The topological polar surface area (TPSA) is 71.3 Å². The van der Waals surface area contributed by atoms with Gasteiger partial charge in [-0.05, 0) is 24.8 Å². The molecule has 2 heterocycles. The number of aromatic nitrogens is 2. The van der Waals surface area contributed by atoms with Crippen molar-refractivity contribution in [1.82, 2.24) is 20.4 Å². The van der Waals surface area contributed by atoms with Crippen LogP contribution in [0.2, 0.25) is 0 Å². The minimum atomic E-state index is -2.53. The molecule has 2 aromatic rings. The number of amides is 1. The molecule has 1 N–H and O–H groups in total. The predicted octanol–water partition coefficient (Wildman–Crippen LogP) is 3.60. The fourth-order valence-electron chi connectivity index (χ4n) is 3.92. The van der Waals surface area contributed by atoms with Crippen molar-refractivity contribution in [2.45, 2.75) is 69.6 Å². The number of hydrogen-bond acceptors (Lipinski definition) is 5. The molecule has 28 heavy (non-hydrogen) atoms. The number of nitrogens with one attached hydrogen (secondary N) is 1. The Hall–Kier alpha value is -2.35. The lowest BCUT2D eigenvalue weighted by Gasteiger charge is -2.28. The largest absolute Gasteiger partial charge is 0.337 e. The summed E-state index contributed by atoms with van der Waals surface area (Å²) in [6.07, 6.45) is 1.84. The summed E-state index contributed by atoms with van der Waals surface area (Å²) in [6.45, 7) is 0.885. The third kappa shape index (κ3) is 4.38. The molecule has 1 aromatic heterocycles. The number of benzene rings is 1. The van der Waals surface area contributed by atoms with Crippen LogP contribution in [0.15, 0.2) is 34.9 Å². The first kappa shape index (κ1) is 19.0. The van der Waals surface area contributed by atoms with Crippen LogP contribution in [-0.2, 0) is 17.9 Å². The van der Waals surface area contributed by atoms with Gasteiger partial charge >= 0.3 is 0 Å². The number of alkyl halides is 2. The Labute approximate surface area is 162 Å². The monoisotopic (exact) mass is 390 g/mol. The quantitative estimate of drug-likeness (QED) is 0.816. The highest BCUT2D eigenvalue weighted by Gasteiger charge is 2.36. The standard InChI is InChI=1S/C20H24F2N4O2/c21-20(22)10-8-15(9-11-20)23-12-17-24-19(28-25-17)16-6-7-18(27)26(16)13-14-4-2-1-3-5-14/h1-5,15-16,23H,6-13H2/t16-/m0/s1. The molecule has 150 valence electrons. The van der Waals surface area contributed by atoms with E-state index in [0.717, 1.165) is 5.56 Å². The summed E-state index contributed by atoms with van der Waals surface area (Å²) in [5.41, 5.74) is 1.05. The van der Waals surface area contributed by atoms with E-state index in [4.69, 9.17) is 4.52 Å². The summed E-state index contributed by atoms with van der Waals surface area (Å²) in [5, 5.41) is 7.25. The van der Waals surface area contributed by atoms with Gasteiger partial charge in [-0.2, -0.15) is 4.98 Å². The van der Waals surface area contributed by atoms with E-state index in [2.05, 4.69) is 15.5 Å². The van der Waals surface area contributed by atoms with Gasteiger partial charge in [-0.25, -0.2) is 8.78 Å². The molecule has 1 amide bonds. The maximum Gasteiger partial charge on any atom is 0.249 e. The van der Waals surface area contributed by atoms with Crippen LogP contribution in [0.4, 0.5) is 8.78 Å². The van der Waals surface area contributed by atoms with Gasteiger partial charge in [0.15, 0.2) is 5.82 Å². The van der Waals surface area contributed by atoms with Crippen molar-refractivity contribution in [3.05, 3.63) is 47.6 Å². The first-order chi connectivity index (χ1) is 13.5. The fraction of sp³-hybridized carbons (Fsp3) is 0.550. The highest BCUT2D eigenvalue weighted by Crippen LogP contribution is 2.34. The zero-order chi connectivity index (χ0) is 19.6. The van der Waals surface area contributed by atoms with Crippen molar-refractivity contribution in [3.8, 4) is 0 Å². The normalized spacial score (nSPS) is 22.7. The van der Waals surface area contributed by atoms with Crippen LogP contribution in [0.5, 0.6) is 0 Å². The summed E-state index contributed by atoms with van der Waals surface area (Å²) in [4.78, 5) is 18.5. The van der Waals surface area contributed by atoms with E-state index in [1.165, 1.54) is 0 Å². The molecule has 1 aromatic carbocycles. The lowest BCUT2D eigenvalue weighted by molar-refractivity contribution is -0.130. The maximum absolute atomic E-state index is 13.2. The lowest BCUT2D eigenvalue weighted by Crippen LogP contribution is -2.36. The molecule has 4 rings (SSSR count). The van der Waals surface area contributed by atoms with Crippen LogP contribution >= 0.6 is 0 Å². The number of likely N-dealkylation sites (tertiary alicyclic amines) is 1. The van der Waals surface area contributed by atoms with Gasteiger partial charge in [0.1, 0.15) is 6.04 Å². The third-order valence-electron chi connectivity index (χ3n) is 5.56. The third-order valence-corrected chi connectivity index (χ3v) is 5.56. The summed E-state index contributed by atoms with van der Waals surface area (Å²) in [6, 6.07) is 9.63. The van der Waals surface area contributed by atoms with Crippen molar-refractivity contribution >= 4 is 5.91 Å². The van der Waals surface area contributed by atoms with Crippen LogP contribution in [0.1, 0.15) is 61.8 Å². The number of hydrogen-bond donors (Lipinski definition) is 1. The number of carbonyl (C=O) groups excluding carboxylic acids is 1. The van der Waals surface area contributed by atoms with Gasteiger partial charge in [-0.15, -0.1) is 0 Å². The molecule has 0 unspecified atom stereocenters. The fourth-order valence-corrected chi connectivity index (χ4v) is 3.92. The average Bonchev–Trinajstić information content (AvgIpc) is 3.29. The second-order valence-corrected chi connectivity index (χ2v) is 7.62. The van der Waals surface area contributed by atoms with Crippen LogP contribution in [0, 0.1) is 0 Å². The van der Waals surface area contributed by atoms with E-state index >= 15 is 0 Å². The number of carbonyl (C=O) groups is 1. The molecule has 8 heteroatoms. The smallest absolute Gasteiger partial charge is 0.249 e. The predicted molar refractivity (Wildman–Crippen MR) is 97.3 cm³/mol. The molecule has 1 aliphatic heterocycles. The molecule has 1 saturated heterocycles. The van der Waals surface area contributed by atoms with Gasteiger partial charge < -0.3 is 14.7 Å².